The van der Waals surface area contributed by atoms with E-state index in [0.717, 1.165) is 5.56 Å². The van der Waals surface area contributed by atoms with Crippen LogP contribution < -0.4 is 15.6 Å². The topological polar surface area (TPSA) is 112 Å². The predicted octanol–water partition coefficient (Wildman–Crippen LogP) is 0.751. The van der Waals surface area contributed by atoms with Crippen LogP contribution in [0.4, 0.5) is 0 Å². The smallest absolute Gasteiger partial charge is 0.325 e. The number of nitrogens with zero attached hydrogens (tertiary/aromatic N) is 3. The first-order valence-corrected chi connectivity index (χ1v) is 8.37. The van der Waals surface area contributed by atoms with E-state index in [1.807, 2.05) is 18.2 Å². The lowest BCUT2D eigenvalue weighted by Gasteiger charge is -2.13. The van der Waals surface area contributed by atoms with Crippen LogP contribution in [-0.2, 0) is 16.1 Å². The highest BCUT2D eigenvalue weighted by Crippen LogP contribution is 2.19. The van der Waals surface area contributed by atoms with Crippen molar-refractivity contribution in [1.82, 2.24) is 19.9 Å². The highest BCUT2D eigenvalue weighted by atomic mass is 16.5. The van der Waals surface area contributed by atoms with Crippen LogP contribution >= 0.6 is 0 Å². The lowest BCUT2D eigenvalue weighted by atomic mass is 10.2. The molecule has 144 valence electrons. The van der Waals surface area contributed by atoms with Gasteiger partial charge in [-0.05, 0) is 18.2 Å². The number of hydrogen-bond donors (Lipinski definition) is 1. The molecule has 2 aromatic heterocycles. The summed E-state index contributed by atoms with van der Waals surface area (Å²) in [6.45, 7) is -0.232. The Balaban J connectivity index is 2.08. The zero-order chi connectivity index (χ0) is 20.1. The molecule has 3 rings (SSSR count). The van der Waals surface area contributed by atoms with Gasteiger partial charge in [0.2, 0.25) is 0 Å². The van der Waals surface area contributed by atoms with Gasteiger partial charge in [0.05, 0.1) is 20.8 Å². The summed E-state index contributed by atoms with van der Waals surface area (Å²) in [4.78, 5) is 45.0. The number of esters is 1. The second-order valence-corrected chi connectivity index (χ2v) is 5.77. The van der Waals surface area contributed by atoms with Gasteiger partial charge < -0.3 is 14.8 Å². The molecule has 0 saturated heterocycles. The predicted molar refractivity (Wildman–Crippen MR) is 100 cm³/mol. The van der Waals surface area contributed by atoms with E-state index in [1.165, 1.54) is 18.8 Å². The summed E-state index contributed by atoms with van der Waals surface area (Å²) in [6, 6.07) is 10.5. The van der Waals surface area contributed by atoms with Crippen LogP contribution in [0.1, 0.15) is 16.1 Å². The third-order valence-corrected chi connectivity index (χ3v) is 4.06. The van der Waals surface area contributed by atoms with Crippen molar-refractivity contribution in [1.29, 1.82) is 0 Å². The van der Waals surface area contributed by atoms with Crippen LogP contribution in [0.3, 0.4) is 0 Å². The monoisotopic (exact) mass is 382 g/mol. The second-order valence-electron chi connectivity index (χ2n) is 5.77. The van der Waals surface area contributed by atoms with E-state index >= 15 is 0 Å². The number of aromatic nitrogens is 3. The molecule has 9 nitrogen and oxygen atoms in total. The van der Waals surface area contributed by atoms with Crippen LogP contribution in [0.25, 0.3) is 11.2 Å². The van der Waals surface area contributed by atoms with E-state index < -0.39 is 17.4 Å². The van der Waals surface area contributed by atoms with Gasteiger partial charge in [-0.25, -0.2) is 9.97 Å². The van der Waals surface area contributed by atoms with Crippen molar-refractivity contribution in [2.75, 3.05) is 20.8 Å². The van der Waals surface area contributed by atoms with Crippen molar-refractivity contribution < 1.29 is 19.1 Å². The second kappa shape index (κ2) is 8.30. The summed E-state index contributed by atoms with van der Waals surface area (Å²) >= 11 is 0. The molecule has 9 heteroatoms. The molecule has 0 spiro atoms. The van der Waals surface area contributed by atoms with Gasteiger partial charge in [0.25, 0.3) is 11.5 Å². The molecule has 28 heavy (non-hydrogen) atoms. The number of carbonyl (C=O) groups is 2. The molecule has 0 aliphatic carbocycles. The minimum atomic E-state index is -0.769. The first kappa shape index (κ1) is 19.0. The number of pyridine rings is 1. The number of benzene rings is 1. The van der Waals surface area contributed by atoms with Gasteiger partial charge in [0.1, 0.15) is 17.8 Å². The van der Waals surface area contributed by atoms with Gasteiger partial charge in [-0.3, -0.25) is 19.0 Å². The Labute approximate surface area is 159 Å². The van der Waals surface area contributed by atoms with E-state index in [4.69, 9.17) is 4.74 Å². The van der Waals surface area contributed by atoms with Gasteiger partial charge in [-0.15, -0.1) is 0 Å². The SMILES string of the molecule is COC(=O)CNC(=O)c1nc2cccnc2n(Cc2ccccc2OC)c1=O. The fourth-order valence-electron chi connectivity index (χ4n) is 2.68. The number of amides is 1. The summed E-state index contributed by atoms with van der Waals surface area (Å²) in [5.74, 6) is -0.799. The molecule has 3 aromatic rings. The molecule has 1 amide bonds. The number of carbonyl (C=O) groups excluding carboxylic acids is 2. The van der Waals surface area contributed by atoms with E-state index in [2.05, 4.69) is 20.0 Å². The molecule has 2 heterocycles. The van der Waals surface area contributed by atoms with Crippen LogP contribution in [-0.4, -0.2) is 47.2 Å². The molecule has 0 aliphatic rings. The number of nitrogens with one attached hydrogen (secondary N) is 1. The first-order valence-electron chi connectivity index (χ1n) is 8.37. The molecular formula is C19H18N4O5. The Kier molecular flexibility index (Phi) is 5.64. The van der Waals surface area contributed by atoms with Crippen LogP contribution in [0.15, 0.2) is 47.4 Å². The summed E-state index contributed by atoms with van der Waals surface area (Å²) in [5, 5.41) is 2.33. The minimum Gasteiger partial charge on any atom is -0.496 e. The fourth-order valence-corrected chi connectivity index (χ4v) is 2.68. The average molecular weight is 382 g/mol. The van der Waals surface area contributed by atoms with Crippen molar-refractivity contribution in [2.45, 2.75) is 6.54 Å². The highest BCUT2D eigenvalue weighted by Gasteiger charge is 2.19. The van der Waals surface area contributed by atoms with Crippen molar-refractivity contribution in [3.63, 3.8) is 0 Å². The Bertz CT molecular complexity index is 1090. The molecular weight excluding hydrogens is 364 g/mol. The number of para-hydroxylation sites is 1. The Morgan fingerprint density at radius 3 is 2.68 bits per heavy atom. The van der Waals surface area contributed by atoms with Crippen LogP contribution in [0.5, 0.6) is 5.75 Å². The lowest BCUT2D eigenvalue weighted by Crippen LogP contribution is -2.37. The molecule has 1 aromatic carbocycles. The molecule has 1 N–H and O–H groups in total. The van der Waals surface area contributed by atoms with Crippen molar-refractivity contribution in [3.05, 3.63) is 64.2 Å². The van der Waals surface area contributed by atoms with E-state index in [1.54, 1.807) is 24.4 Å². The van der Waals surface area contributed by atoms with Crippen molar-refractivity contribution in [2.24, 2.45) is 0 Å². The maximum atomic E-state index is 13.0. The van der Waals surface area contributed by atoms with Crippen LogP contribution in [0.2, 0.25) is 0 Å². The molecule has 0 radical (unpaired) electrons. The number of ether oxygens (including phenoxy) is 2. The quantitative estimate of drug-likeness (QED) is 0.626. The Morgan fingerprint density at radius 1 is 1.14 bits per heavy atom. The highest BCUT2D eigenvalue weighted by molar-refractivity contribution is 5.95. The van der Waals surface area contributed by atoms with Crippen molar-refractivity contribution >= 4 is 23.0 Å². The molecule has 0 fully saturated rings. The van der Waals surface area contributed by atoms with E-state index in [9.17, 15) is 14.4 Å². The van der Waals surface area contributed by atoms with E-state index in [0.29, 0.717) is 16.9 Å². The fraction of sp³-hybridized carbons (Fsp3) is 0.211. The molecule has 0 saturated carbocycles. The Hall–Kier alpha value is -3.75. The summed E-state index contributed by atoms with van der Waals surface area (Å²) in [7, 11) is 2.74. The van der Waals surface area contributed by atoms with Gasteiger partial charge >= 0.3 is 5.97 Å². The first-order chi connectivity index (χ1) is 13.5. The third-order valence-electron chi connectivity index (χ3n) is 4.06. The average Bonchev–Trinajstić information content (AvgIpc) is 2.73. The normalized spacial score (nSPS) is 10.5. The zero-order valence-electron chi connectivity index (χ0n) is 15.3. The third kappa shape index (κ3) is 3.83. The number of hydrogen-bond acceptors (Lipinski definition) is 7. The summed E-state index contributed by atoms with van der Waals surface area (Å²) in [6.07, 6.45) is 1.54. The minimum absolute atomic E-state index is 0.135. The zero-order valence-corrected chi connectivity index (χ0v) is 15.3. The van der Waals surface area contributed by atoms with Gasteiger partial charge in [-0.1, -0.05) is 18.2 Å². The standard InChI is InChI=1S/C19H18N4O5/c1-27-14-8-4-3-6-12(14)11-23-17-13(7-5-9-20-17)22-16(19(23)26)18(25)21-10-15(24)28-2/h3-9H,10-11H2,1-2H3,(H,21,25). The maximum Gasteiger partial charge on any atom is 0.325 e. The largest absolute Gasteiger partial charge is 0.496 e. The molecule has 0 unspecified atom stereocenters. The summed E-state index contributed by atoms with van der Waals surface area (Å²) in [5.41, 5.74) is 0.494. The summed E-state index contributed by atoms with van der Waals surface area (Å²) < 4.78 is 11.2. The van der Waals surface area contributed by atoms with Crippen LogP contribution in [0, 0.1) is 0 Å². The Morgan fingerprint density at radius 2 is 1.93 bits per heavy atom. The molecule has 0 aliphatic heterocycles. The lowest BCUT2D eigenvalue weighted by molar-refractivity contribution is -0.139. The van der Waals surface area contributed by atoms with E-state index in [-0.39, 0.29) is 18.8 Å². The van der Waals surface area contributed by atoms with Gasteiger partial charge in [0.15, 0.2) is 11.3 Å². The van der Waals surface area contributed by atoms with Gasteiger partial charge in [0, 0.05) is 11.8 Å². The molecule has 0 bridgehead atoms. The number of fused-ring (bicyclic) bond motifs is 1. The number of rotatable bonds is 6. The van der Waals surface area contributed by atoms with Gasteiger partial charge in [-0.2, -0.15) is 0 Å². The maximum absolute atomic E-state index is 13.0. The number of methoxy groups -OCH3 is 2. The van der Waals surface area contributed by atoms with Crippen molar-refractivity contribution in [3.8, 4) is 5.75 Å². The molecule has 0 atom stereocenters.